The van der Waals surface area contributed by atoms with Crippen LogP contribution in [0.2, 0.25) is 5.02 Å². The van der Waals surface area contributed by atoms with Crippen molar-refractivity contribution in [2.45, 2.75) is 25.4 Å². The molecule has 2 aromatic carbocycles. The molecule has 0 aliphatic carbocycles. The highest BCUT2D eigenvalue weighted by Crippen LogP contribution is 2.27. The molecule has 144 valence electrons. The summed E-state index contributed by atoms with van der Waals surface area (Å²) < 4.78 is 2.74. The fraction of sp³-hybridized carbons (Fsp3) is 0.238. The first-order valence-electron chi connectivity index (χ1n) is 9.00. The Morgan fingerprint density at radius 3 is 2.86 bits per heavy atom. The van der Waals surface area contributed by atoms with E-state index in [9.17, 15) is 5.11 Å². The van der Waals surface area contributed by atoms with Gasteiger partial charge in [0.15, 0.2) is 0 Å². The molecule has 1 unspecified atom stereocenters. The molecule has 5 nitrogen and oxygen atoms in total. The van der Waals surface area contributed by atoms with Crippen LogP contribution >= 0.6 is 24.4 Å². The molecule has 28 heavy (non-hydrogen) atoms. The van der Waals surface area contributed by atoms with Crippen LogP contribution in [0.25, 0.3) is 22.6 Å². The summed E-state index contributed by atoms with van der Waals surface area (Å²) in [5, 5.41) is 19.8. The lowest BCUT2D eigenvalue weighted by Crippen LogP contribution is -2.14. The van der Waals surface area contributed by atoms with E-state index in [1.807, 2.05) is 36.4 Å². The first-order chi connectivity index (χ1) is 13.6. The molecular formula is C21H21ClN4OS. The van der Waals surface area contributed by atoms with E-state index in [0.29, 0.717) is 36.4 Å². The van der Waals surface area contributed by atoms with Gasteiger partial charge in [-0.15, -0.1) is 0 Å². The van der Waals surface area contributed by atoms with Gasteiger partial charge < -0.3 is 10.1 Å². The predicted octanol–water partition coefficient (Wildman–Crippen LogP) is 4.39. The third-order valence-electron chi connectivity index (χ3n) is 4.53. The van der Waals surface area contributed by atoms with E-state index in [1.165, 1.54) is 0 Å². The first-order valence-corrected chi connectivity index (χ1v) is 9.82. The third kappa shape index (κ3) is 5.15. The largest absolute Gasteiger partial charge is 0.393 e. The Hall–Kier alpha value is -2.30. The van der Waals surface area contributed by atoms with Crippen LogP contribution in [-0.2, 0) is 6.42 Å². The summed E-state index contributed by atoms with van der Waals surface area (Å²) in [6.45, 7) is 0.653. The molecule has 0 saturated heterocycles. The molecule has 0 saturated carbocycles. The lowest BCUT2D eigenvalue weighted by Gasteiger charge is -2.11. The van der Waals surface area contributed by atoms with Crippen molar-refractivity contribution in [2.75, 3.05) is 6.54 Å². The van der Waals surface area contributed by atoms with Gasteiger partial charge in [-0.1, -0.05) is 36.5 Å². The molecule has 0 aliphatic heterocycles. The number of nitrogens with zero attached hydrogens (tertiary/aromatic N) is 2. The number of hydrogen-bond acceptors (Lipinski definition) is 5. The lowest BCUT2D eigenvalue weighted by atomic mass is 10.0. The summed E-state index contributed by atoms with van der Waals surface area (Å²) in [6, 6.07) is 15.3. The second-order valence-corrected chi connectivity index (χ2v) is 7.26. The number of thiol groups is 1. The maximum absolute atomic E-state index is 10.0. The Morgan fingerprint density at radius 2 is 2.07 bits per heavy atom. The van der Waals surface area contributed by atoms with E-state index in [1.54, 1.807) is 12.3 Å². The number of hydrogen-bond donors (Lipinski definition) is 4. The number of nitriles is 1. The minimum absolute atomic E-state index is 0.401. The molecule has 3 N–H and O–H groups in total. The highest BCUT2D eigenvalue weighted by atomic mass is 35.5. The predicted molar refractivity (Wildman–Crippen MR) is 115 cm³/mol. The van der Waals surface area contributed by atoms with Gasteiger partial charge in [-0.05, 0) is 55.2 Å². The second kappa shape index (κ2) is 9.76. The maximum atomic E-state index is 10.0. The molecular weight excluding hydrogens is 392 g/mol. The van der Waals surface area contributed by atoms with Crippen molar-refractivity contribution in [1.82, 2.24) is 14.7 Å². The number of aromatic amines is 1. The normalized spacial score (nSPS) is 11.9. The number of benzene rings is 2. The summed E-state index contributed by atoms with van der Waals surface area (Å²) >= 11 is 10.3. The number of aromatic nitrogens is 2. The van der Waals surface area contributed by atoms with Crippen molar-refractivity contribution >= 4 is 24.4 Å². The molecule has 1 heterocycles. The average Bonchev–Trinajstić information content (AvgIpc) is 3.22. The van der Waals surface area contributed by atoms with Gasteiger partial charge in [-0.25, -0.2) is 4.98 Å². The van der Waals surface area contributed by atoms with Crippen LogP contribution in [0.15, 0.2) is 48.7 Å². The number of nitrogens with one attached hydrogen (secondary N) is 2. The highest BCUT2D eigenvalue weighted by Gasteiger charge is 2.11. The van der Waals surface area contributed by atoms with Gasteiger partial charge in [0, 0.05) is 22.7 Å². The van der Waals surface area contributed by atoms with Crippen molar-refractivity contribution in [2.24, 2.45) is 0 Å². The second-order valence-electron chi connectivity index (χ2n) is 6.53. The van der Waals surface area contributed by atoms with E-state index in [0.717, 1.165) is 28.2 Å². The SMILES string of the molecule is N#Cc1cccc(-c2cnc(-c3ccc(Cl)c(CCC(O)CCNS)c3)[nH]2)c1. The van der Waals surface area contributed by atoms with Gasteiger partial charge in [0.1, 0.15) is 5.82 Å². The van der Waals surface area contributed by atoms with Crippen LogP contribution in [0.1, 0.15) is 24.0 Å². The van der Waals surface area contributed by atoms with Crippen molar-refractivity contribution in [3.63, 3.8) is 0 Å². The van der Waals surface area contributed by atoms with Gasteiger partial charge in [-0.3, -0.25) is 4.72 Å². The highest BCUT2D eigenvalue weighted by molar-refractivity contribution is 7.78. The monoisotopic (exact) mass is 412 g/mol. The summed E-state index contributed by atoms with van der Waals surface area (Å²) in [5.41, 5.74) is 4.26. The smallest absolute Gasteiger partial charge is 0.137 e. The van der Waals surface area contributed by atoms with Crippen LogP contribution in [0.4, 0.5) is 0 Å². The number of rotatable bonds is 8. The molecule has 7 heteroatoms. The lowest BCUT2D eigenvalue weighted by molar-refractivity contribution is 0.156. The number of imidazole rings is 1. The quantitative estimate of drug-likeness (QED) is 0.413. The molecule has 0 aliphatic rings. The van der Waals surface area contributed by atoms with Crippen LogP contribution in [0.5, 0.6) is 0 Å². The van der Waals surface area contributed by atoms with Crippen LogP contribution in [0.3, 0.4) is 0 Å². The molecule has 0 bridgehead atoms. The molecule has 0 spiro atoms. The number of aliphatic hydroxyl groups is 1. The van der Waals surface area contributed by atoms with Gasteiger partial charge in [0.25, 0.3) is 0 Å². The van der Waals surface area contributed by atoms with Gasteiger partial charge in [0.2, 0.25) is 0 Å². The Balaban J connectivity index is 1.77. The summed E-state index contributed by atoms with van der Waals surface area (Å²) in [4.78, 5) is 7.78. The topological polar surface area (TPSA) is 84.7 Å². The molecule has 0 amide bonds. The summed E-state index contributed by atoms with van der Waals surface area (Å²) in [5.74, 6) is 0.732. The van der Waals surface area contributed by atoms with E-state index in [4.69, 9.17) is 16.9 Å². The van der Waals surface area contributed by atoms with E-state index in [-0.39, 0.29) is 0 Å². The van der Waals surface area contributed by atoms with Crippen LogP contribution in [-0.4, -0.2) is 27.7 Å². The fourth-order valence-corrected chi connectivity index (χ4v) is 3.32. The van der Waals surface area contributed by atoms with Crippen molar-refractivity contribution in [3.8, 4) is 28.7 Å². The summed E-state index contributed by atoms with van der Waals surface area (Å²) in [6.07, 6.45) is 3.31. The minimum Gasteiger partial charge on any atom is -0.393 e. The zero-order valence-electron chi connectivity index (χ0n) is 15.2. The van der Waals surface area contributed by atoms with E-state index >= 15 is 0 Å². The standard InChI is InChI=1S/C21H21ClN4OS/c22-19-7-5-17(11-15(19)4-6-18(27)8-9-25-28)21-24-13-20(26-21)16-3-1-2-14(10-16)12-23/h1-3,5,7,10-11,13,18,25,27-28H,4,6,8-9H2,(H,24,26). The first kappa shape index (κ1) is 20.4. The zero-order chi connectivity index (χ0) is 19.9. The average molecular weight is 413 g/mol. The van der Waals surface area contributed by atoms with Crippen LogP contribution in [0, 0.1) is 11.3 Å². The minimum atomic E-state index is -0.401. The number of halogens is 1. The molecule has 3 rings (SSSR count). The van der Waals surface area contributed by atoms with Crippen LogP contribution < -0.4 is 4.72 Å². The Kier molecular flexibility index (Phi) is 7.12. The van der Waals surface area contributed by atoms with Gasteiger partial charge in [-0.2, -0.15) is 5.26 Å². The molecule has 1 atom stereocenters. The van der Waals surface area contributed by atoms with Gasteiger partial charge >= 0.3 is 0 Å². The number of H-pyrrole nitrogens is 1. The Morgan fingerprint density at radius 1 is 1.21 bits per heavy atom. The molecule has 3 aromatic rings. The van der Waals surface area contributed by atoms with Crippen molar-refractivity contribution in [1.29, 1.82) is 5.26 Å². The Bertz CT molecular complexity index is 983. The molecule has 1 aromatic heterocycles. The van der Waals surface area contributed by atoms with E-state index < -0.39 is 6.10 Å². The van der Waals surface area contributed by atoms with Gasteiger partial charge in [0.05, 0.1) is 29.6 Å². The fourth-order valence-electron chi connectivity index (χ4n) is 2.98. The molecule has 0 radical (unpaired) electrons. The van der Waals surface area contributed by atoms with Crippen molar-refractivity contribution < 1.29 is 5.11 Å². The Labute approximate surface area is 174 Å². The van der Waals surface area contributed by atoms with E-state index in [2.05, 4.69) is 33.6 Å². The number of aliphatic hydroxyl groups excluding tert-OH is 1. The maximum Gasteiger partial charge on any atom is 0.137 e. The summed E-state index contributed by atoms with van der Waals surface area (Å²) in [7, 11) is 0. The number of aryl methyl sites for hydroxylation is 1. The van der Waals surface area contributed by atoms with Crippen molar-refractivity contribution in [3.05, 3.63) is 64.8 Å². The molecule has 0 fully saturated rings. The third-order valence-corrected chi connectivity index (χ3v) is 5.13. The zero-order valence-corrected chi connectivity index (χ0v) is 16.8.